The lowest BCUT2D eigenvalue weighted by molar-refractivity contribution is -0.142. The number of amides is 10. The molecule has 0 saturated carbocycles. The average molecular weight is 1330 g/mol. The molecule has 1 fully saturated rings. The molecule has 1 saturated heterocycles. The Morgan fingerprint density at radius 3 is 1.89 bits per heavy atom. The number of hydrogen-bond donors (Lipinski definition) is 18. The number of phenols is 1. The van der Waals surface area contributed by atoms with Crippen LogP contribution in [0.3, 0.4) is 0 Å². The highest BCUT2D eigenvalue weighted by atomic mass is 16.4. The maximum atomic E-state index is 15.0. The van der Waals surface area contributed by atoms with E-state index in [1.54, 1.807) is 68.6 Å². The van der Waals surface area contributed by atoms with Gasteiger partial charge in [-0.15, -0.1) is 0 Å². The molecule has 22 N–H and O–H groups in total. The van der Waals surface area contributed by atoms with E-state index in [1.807, 2.05) is 0 Å². The first-order valence-corrected chi connectivity index (χ1v) is 31.2. The number of aromatic hydroxyl groups is 1. The monoisotopic (exact) mass is 1330 g/mol. The van der Waals surface area contributed by atoms with Gasteiger partial charge in [-0.2, -0.15) is 0 Å². The summed E-state index contributed by atoms with van der Waals surface area (Å²) in [5.41, 5.74) is 25.4. The Hall–Kier alpha value is -11.0. The van der Waals surface area contributed by atoms with E-state index in [1.165, 1.54) is 41.7 Å². The number of imidazole rings is 2. The number of carboxylic acids is 1. The molecule has 10 amide bonds. The van der Waals surface area contributed by atoms with E-state index in [4.69, 9.17) is 22.9 Å². The van der Waals surface area contributed by atoms with Gasteiger partial charge in [-0.1, -0.05) is 56.3 Å². The zero-order valence-electron chi connectivity index (χ0n) is 53.0. The van der Waals surface area contributed by atoms with Crippen LogP contribution in [0.5, 0.6) is 5.75 Å². The molecule has 3 aromatic carbocycles. The third-order valence-electron chi connectivity index (χ3n) is 15.8. The van der Waals surface area contributed by atoms with Crippen LogP contribution in [0.1, 0.15) is 81.4 Å². The molecule has 33 heteroatoms. The van der Waals surface area contributed by atoms with Crippen molar-refractivity contribution in [1.82, 2.24) is 72.4 Å². The SMILES string of the molecule is CC(C)C[C@H](NC(=O)[C@@H](Cc1nc2ccccc2[nH]1)NC(=O)[C@H](Cc1ccc(O)cc1)NC(=O)[C@H](CO)NC(=O)[C@H](Cc1c[nH]c2ccccc12)NC(=O)[C@H](Cc1cnc[nH]1)NC(=O)[C@@H](N)CCC(=O)O)C(=O)N[C@@H](CCCN=C(N)N)C(=O)N1CCC[C@H]1C(=O)NCC(N)=O. The fourth-order valence-corrected chi connectivity index (χ4v) is 10.9. The van der Waals surface area contributed by atoms with Crippen LogP contribution < -0.4 is 65.5 Å². The lowest BCUT2D eigenvalue weighted by Crippen LogP contribution is -2.61. The molecule has 6 aromatic rings. The smallest absolute Gasteiger partial charge is 0.303 e. The normalized spacial score (nSPS) is 15.3. The van der Waals surface area contributed by atoms with Gasteiger partial charge in [-0.3, -0.25) is 57.7 Å². The minimum Gasteiger partial charge on any atom is -0.508 e. The quantitative estimate of drug-likeness (QED) is 0.0106. The first-order chi connectivity index (χ1) is 45.8. The molecular weight excluding hydrogens is 1250 g/mol. The van der Waals surface area contributed by atoms with Gasteiger partial charge in [0.25, 0.3) is 0 Å². The molecule has 4 heterocycles. The number of guanidine groups is 1. The molecule has 3 aromatic heterocycles. The third-order valence-corrected chi connectivity index (χ3v) is 15.8. The summed E-state index contributed by atoms with van der Waals surface area (Å²) in [4.78, 5) is 175. The first kappa shape index (κ1) is 72.5. The standard InChI is InChI=1S/C63H83N19O14/c1-33(2)23-44(55(89)75-43(13-7-21-69-63(66)67)62(96)82-22-8-14-50(82)61(95)71-30-51(65)85)77-59(93)48(27-52-73-41-11-5-6-12-42(41)74-52)80-56(90)45(24-34-15-17-37(84)18-16-34)78-60(94)49(31-83)81-57(91)46(25-35-28-70-40-10-4-3-9-38(35)40)79-58(92)47(26-36-29-68-32-72-36)76-54(88)39(64)19-20-53(86)87/h3-6,9-12,15-18,28-29,32-33,39,43-50,70,83-84H,7-8,13-14,19-27,30-31,64H2,1-2H3,(H2,65,85)(H,68,72)(H,71,95)(H,73,74)(H,75,89)(H,76,88)(H,77,93)(H,78,94)(H,79,92)(H,80,90)(H,81,91)(H,86,87)(H4,66,67,69)/t39-,43-,44-,45-,46-,47-,48+,49-,50-/m0/s1. The van der Waals surface area contributed by atoms with Crippen LogP contribution in [0.25, 0.3) is 21.9 Å². The molecule has 0 unspecified atom stereocenters. The Balaban J connectivity index is 1.16. The van der Waals surface area contributed by atoms with Crippen LogP contribution in [0.2, 0.25) is 0 Å². The number of rotatable bonds is 36. The van der Waals surface area contributed by atoms with Crippen LogP contribution in [-0.4, -0.2) is 197 Å². The van der Waals surface area contributed by atoms with E-state index < -0.39 is 139 Å². The van der Waals surface area contributed by atoms with E-state index in [0.29, 0.717) is 45.2 Å². The van der Waals surface area contributed by atoms with Gasteiger partial charge in [0, 0.05) is 74.2 Å². The number of benzene rings is 3. The summed E-state index contributed by atoms with van der Waals surface area (Å²) in [5, 5.41) is 51.9. The fourth-order valence-electron chi connectivity index (χ4n) is 10.9. The predicted molar refractivity (Wildman–Crippen MR) is 348 cm³/mol. The summed E-state index contributed by atoms with van der Waals surface area (Å²) in [5.74, 6) is -10.3. The summed E-state index contributed by atoms with van der Waals surface area (Å²) in [6.45, 7) is 2.22. The number of nitrogens with one attached hydrogen (secondary N) is 11. The third kappa shape index (κ3) is 21.3. The second-order valence-corrected chi connectivity index (χ2v) is 23.7. The molecule has 7 rings (SSSR count). The second-order valence-electron chi connectivity index (χ2n) is 23.7. The first-order valence-electron chi connectivity index (χ1n) is 31.2. The zero-order valence-corrected chi connectivity index (χ0v) is 53.0. The van der Waals surface area contributed by atoms with Gasteiger partial charge in [0.05, 0.1) is 36.6 Å². The number of primary amides is 1. The molecule has 96 heavy (non-hydrogen) atoms. The number of aliphatic hydroxyl groups excluding tert-OH is 1. The summed E-state index contributed by atoms with van der Waals surface area (Å²) < 4.78 is 0. The van der Waals surface area contributed by atoms with Crippen molar-refractivity contribution in [3.05, 3.63) is 114 Å². The van der Waals surface area contributed by atoms with Crippen molar-refractivity contribution in [2.75, 3.05) is 26.2 Å². The largest absolute Gasteiger partial charge is 0.508 e. The van der Waals surface area contributed by atoms with Crippen molar-refractivity contribution in [3.63, 3.8) is 0 Å². The average Bonchev–Trinajstić information content (AvgIpc) is 1.66. The molecule has 1 aliphatic rings. The van der Waals surface area contributed by atoms with Crippen molar-refractivity contribution in [3.8, 4) is 5.75 Å². The van der Waals surface area contributed by atoms with Crippen LogP contribution in [0.4, 0.5) is 0 Å². The van der Waals surface area contributed by atoms with E-state index in [9.17, 15) is 58.5 Å². The molecule has 33 nitrogen and oxygen atoms in total. The Kier molecular flexibility index (Phi) is 26.3. The van der Waals surface area contributed by atoms with Gasteiger partial charge < -0.3 is 101 Å². The maximum absolute atomic E-state index is 15.0. The number of aliphatic carboxylic acids is 1. The van der Waals surface area contributed by atoms with Gasteiger partial charge in [0.2, 0.25) is 59.1 Å². The Labute approximate surface area is 550 Å². The van der Waals surface area contributed by atoms with E-state index >= 15 is 9.59 Å². The molecule has 9 atom stereocenters. The lowest BCUT2D eigenvalue weighted by Gasteiger charge is -2.30. The molecule has 514 valence electrons. The van der Waals surface area contributed by atoms with Crippen LogP contribution >= 0.6 is 0 Å². The number of aromatic nitrogens is 5. The second kappa shape index (κ2) is 34.8. The molecule has 0 bridgehead atoms. The lowest BCUT2D eigenvalue weighted by atomic mass is 10.0. The highest BCUT2D eigenvalue weighted by molar-refractivity contribution is 5.99. The van der Waals surface area contributed by atoms with E-state index in [0.717, 1.165) is 0 Å². The molecular formula is C63H83N19O14. The van der Waals surface area contributed by atoms with Gasteiger partial charge in [0.1, 0.15) is 59.9 Å². The number of fused-ring (bicyclic) bond motifs is 2. The number of phenolic OH excluding ortho intramolecular Hbond substituents is 1. The van der Waals surface area contributed by atoms with Gasteiger partial charge >= 0.3 is 5.97 Å². The number of aliphatic hydroxyl groups is 1. The maximum Gasteiger partial charge on any atom is 0.303 e. The summed E-state index contributed by atoms with van der Waals surface area (Å²) >= 11 is 0. The van der Waals surface area contributed by atoms with Gasteiger partial charge in [0.15, 0.2) is 5.96 Å². The van der Waals surface area contributed by atoms with E-state index in [-0.39, 0.29) is 94.3 Å². The molecule has 1 aliphatic heterocycles. The minimum absolute atomic E-state index is 0.00696. The van der Waals surface area contributed by atoms with Crippen LogP contribution in [0.15, 0.2) is 96.5 Å². The van der Waals surface area contributed by atoms with Gasteiger partial charge in [-0.25, -0.2) is 9.97 Å². The number of likely N-dealkylation sites (tertiary alicyclic amines) is 1. The zero-order chi connectivity index (χ0) is 69.6. The van der Waals surface area contributed by atoms with Crippen molar-refractivity contribution >= 4 is 92.9 Å². The van der Waals surface area contributed by atoms with Gasteiger partial charge in [-0.05, 0) is 85.9 Å². The molecule has 0 radical (unpaired) electrons. The van der Waals surface area contributed by atoms with E-state index in [2.05, 4.69) is 72.4 Å². The van der Waals surface area contributed by atoms with Crippen molar-refractivity contribution < 1.29 is 68.1 Å². The van der Waals surface area contributed by atoms with Crippen molar-refractivity contribution in [2.45, 2.75) is 139 Å². The number of para-hydroxylation sites is 3. The molecule has 0 aliphatic carbocycles. The number of carbonyl (C=O) groups is 11. The minimum atomic E-state index is -1.84. The Morgan fingerprint density at radius 1 is 0.677 bits per heavy atom. The summed E-state index contributed by atoms with van der Waals surface area (Å²) in [7, 11) is 0. The Morgan fingerprint density at radius 2 is 1.26 bits per heavy atom. The van der Waals surface area contributed by atoms with Crippen LogP contribution in [-0.2, 0) is 78.4 Å². The summed E-state index contributed by atoms with van der Waals surface area (Å²) in [6, 6.07) is 6.52. The number of carbonyl (C=O) groups excluding carboxylic acids is 10. The number of nitrogens with zero attached hydrogens (tertiary/aromatic N) is 4. The number of aliphatic imine (C=N–C) groups is 1. The number of hydrogen-bond acceptors (Lipinski definition) is 17. The highest BCUT2D eigenvalue weighted by Crippen LogP contribution is 2.23. The fraction of sp³-hybridized carbons (Fsp3) is 0.429. The number of carboxylic acid groups (broad SMARTS) is 1. The predicted octanol–water partition coefficient (Wildman–Crippen LogP) is -2.99. The highest BCUT2D eigenvalue weighted by Gasteiger charge is 2.40. The summed E-state index contributed by atoms with van der Waals surface area (Å²) in [6.07, 6.45) is 3.34. The number of aromatic amines is 3. The number of H-pyrrole nitrogens is 3. The Bertz CT molecular complexity index is 3710. The topological polar surface area (TPSA) is 538 Å². The van der Waals surface area contributed by atoms with Crippen molar-refractivity contribution in [1.29, 1.82) is 0 Å². The molecule has 0 spiro atoms. The van der Waals surface area contributed by atoms with Crippen molar-refractivity contribution in [2.24, 2.45) is 33.8 Å². The number of nitrogens with two attached hydrogens (primary N) is 4. The van der Waals surface area contributed by atoms with Crippen LogP contribution in [0, 0.1) is 5.92 Å².